The molecule has 1 amide bonds. The summed E-state index contributed by atoms with van der Waals surface area (Å²) in [5.74, 6) is -0.668. The Bertz CT molecular complexity index is 2100. The van der Waals surface area contributed by atoms with Crippen LogP contribution < -0.4 is 5.32 Å². The van der Waals surface area contributed by atoms with E-state index in [4.69, 9.17) is 9.47 Å². The number of carbonyl (C=O) groups excluding carboxylic acids is 2. The zero-order valence-electron chi connectivity index (χ0n) is 27.8. The third kappa shape index (κ3) is 8.91. The molecule has 51 heavy (non-hydrogen) atoms. The van der Waals surface area contributed by atoms with Crippen LogP contribution in [0.5, 0.6) is 0 Å². The number of hydrogen-bond acceptors (Lipinski definition) is 10. The third-order valence-corrected chi connectivity index (χ3v) is 12.1. The van der Waals surface area contributed by atoms with Gasteiger partial charge in [-0.25, -0.2) is 26.4 Å². The molecule has 0 fully saturated rings. The van der Waals surface area contributed by atoms with E-state index in [9.17, 15) is 36.5 Å². The molecule has 0 saturated heterocycles. The van der Waals surface area contributed by atoms with Crippen molar-refractivity contribution in [2.45, 2.75) is 48.2 Å². The fraction of sp³-hybridized carbons (Fsp3) is 0.294. The van der Waals surface area contributed by atoms with Crippen LogP contribution in [0.4, 0.5) is 10.5 Å². The summed E-state index contributed by atoms with van der Waals surface area (Å²) in [5, 5.41) is 14.4. The number of rotatable bonds is 10. The Morgan fingerprint density at radius 2 is 1.53 bits per heavy atom. The van der Waals surface area contributed by atoms with Gasteiger partial charge >= 0.3 is 12.1 Å². The van der Waals surface area contributed by atoms with E-state index in [-0.39, 0.29) is 36.7 Å². The lowest BCUT2D eigenvalue weighted by atomic mass is 10.0. The molecule has 0 radical (unpaired) electrons. The number of para-hydroxylation sites is 1. The quantitative estimate of drug-likeness (QED) is 0.166. The summed E-state index contributed by atoms with van der Waals surface area (Å²) < 4.78 is 69.8. The first-order valence-corrected chi connectivity index (χ1v) is 19.3. The lowest BCUT2D eigenvalue weighted by Gasteiger charge is -2.33. The number of esters is 1. The van der Waals surface area contributed by atoms with E-state index >= 15 is 0 Å². The van der Waals surface area contributed by atoms with Crippen molar-refractivity contribution in [1.29, 1.82) is 0 Å². The first kappa shape index (κ1) is 37.8. The van der Waals surface area contributed by atoms with Gasteiger partial charge in [0.25, 0.3) is 5.69 Å². The Kier molecular flexibility index (Phi) is 11.2. The van der Waals surface area contributed by atoms with Crippen LogP contribution in [0.15, 0.2) is 116 Å². The first-order valence-electron chi connectivity index (χ1n) is 15.6. The van der Waals surface area contributed by atoms with Crippen LogP contribution in [0.25, 0.3) is 0 Å². The summed E-state index contributed by atoms with van der Waals surface area (Å²) in [5.41, 5.74) is -0.518. The number of nitro groups is 1. The van der Waals surface area contributed by atoms with Crippen LogP contribution in [0.1, 0.15) is 31.1 Å². The van der Waals surface area contributed by atoms with Gasteiger partial charge in [-0.2, -0.15) is 8.61 Å². The van der Waals surface area contributed by atoms with Gasteiger partial charge < -0.3 is 14.8 Å². The number of sulfonamides is 2. The molecule has 3 aromatic carbocycles. The molecule has 0 bridgehead atoms. The van der Waals surface area contributed by atoms with Gasteiger partial charge in [-0.05, 0) is 74.4 Å². The molecule has 0 spiro atoms. The minimum atomic E-state index is -4.53. The number of nitrogens with zero attached hydrogens (tertiary/aromatic N) is 3. The average Bonchev–Trinajstić information content (AvgIpc) is 3.52. The number of ether oxygens (including phenoxy) is 2. The highest BCUT2D eigenvalue weighted by Crippen LogP contribution is 2.34. The van der Waals surface area contributed by atoms with E-state index in [1.165, 1.54) is 24.3 Å². The Morgan fingerprint density at radius 3 is 2.18 bits per heavy atom. The third-order valence-electron chi connectivity index (χ3n) is 7.85. The van der Waals surface area contributed by atoms with Crippen molar-refractivity contribution in [3.05, 3.63) is 122 Å². The Hall–Kier alpha value is -4.42. The molecule has 0 unspecified atom stereocenters. The van der Waals surface area contributed by atoms with E-state index in [2.05, 4.69) is 21.2 Å². The molecule has 14 nitrogen and oxygen atoms in total. The van der Waals surface area contributed by atoms with E-state index in [1.54, 1.807) is 75.4 Å². The standard InChI is InChI=1S/C34H35BrN4O10S2/c1-34(2,3)49-33(41)36-27-17-24(19-37(21-27)51(46,47)31-12-8-7-11-30(31)39(42)43)25-18-28(22-48-32(40)23-9-5-4-6-10-23)38(20-25)50(44,45)29-15-13-26(35)14-16-29/h4-18,27-28H,19-22H2,1-3H3,(H,36,41)/t27-,28-/m0/s1. The minimum absolute atomic E-state index is 0.0255. The van der Waals surface area contributed by atoms with Crippen LogP contribution in [-0.2, 0) is 29.5 Å². The Morgan fingerprint density at radius 1 is 0.902 bits per heavy atom. The molecule has 0 aliphatic carbocycles. The summed E-state index contributed by atoms with van der Waals surface area (Å²) in [4.78, 5) is 36.1. The summed E-state index contributed by atoms with van der Waals surface area (Å²) in [6.07, 6.45) is 2.34. The summed E-state index contributed by atoms with van der Waals surface area (Å²) in [6.45, 7) is 3.77. The smallest absolute Gasteiger partial charge is 0.408 e. The SMILES string of the molecule is CC(C)(C)OC(=O)N[C@H]1C=C(C2=C[C@@H](COC(=O)c3ccccc3)N(S(=O)(=O)c3ccc(Br)cc3)C2)CN(S(=O)(=O)c2ccccc2[N+](=O)[O-])C1. The number of halogens is 1. The maximum atomic E-state index is 14.0. The molecule has 3 aromatic rings. The van der Waals surface area contributed by atoms with Crippen LogP contribution in [0.2, 0.25) is 0 Å². The molecule has 17 heteroatoms. The molecule has 0 aromatic heterocycles. The van der Waals surface area contributed by atoms with E-state index in [0.29, 0.717) is 15.6 Å². The van der Waals surface area contributed by atoms with Gasteiger partial charge in [-0.1, -0.05) is 58.4 Å². The summed E-state index contributed by atoms with van der Waals surface area (Å²) in [7, 11) is -8.73. The molecular formula is C34H35BrN4O10S2. The Balaban J connectivity index is 1.53. The lowest BCUT2D eigenvalue weighted by molar-refractivity contribution is -0.387. The van der Waals surface area contributed by atoms with Crippen molar-refractivity contribution in [1.82, 2.24) is 13.9 Å². The van der Waals surface area contributed by atoms with Crippen LogP contribution in [-0.4, -0.2) is 86.4 Å². The van der Waals surface area contributed by atoms with Gasteiger partial charge in [0.1, 0.15) is 12.2 Å². The molecular weight excluding hydrogens is 768 g/mol. The number of nitro benzene ring substituents is 1. The molecule has 2 heterocycles. The number of carbonyl (C=O) groups is 2. The molecule has 5 rings (SSSR count). The molecule has 0 saturated carbocycles. The topological polar surface area (TPSA) is 183 Å². The predicted molar refractivity (Wildman–Crippen MR) is 190 cm³/mol. The second-order valence-corrected chi connectivity index (χ2v) is 17.4. The highest BCUT2D eigenvalue weighted by molar-refractivity contribution is 9.10. The second-order valence-electron chi connectivity index (χ2n) is 12.7. The molecule has 2 aliphatic heterocycles. The van der Waals surface area contributed by atoms with Gasteiger partial charge in [0.15, 0.2) is 4.90 Å². The van der Waals surface area contributed by atoms with Crippen molar-refractivity contribution >= 4 is 53.7 Å². The minimum Gasteiger partial charge on any atom is -0.460 e. The van der Waals surface area contributed by atoms with E-state index in [0.717, 1.165) is 20.7 Å². The monoisotopic (exact) mass is 802 g/mol. The highest BCUT2D eigenvalue weighted by atomic mass is 79.9. The van der Waals surface area contributed by atoms with Crippen molar-refractivity contribution in [3.8, 4) is 0 Å². The Labute approximate surface area is 304 Å². The largest absolute Gasteiger partial charge is 0.460 e. The zero-order chi connectivity index (χ0) is 37.1. The fourth-order valence-electron chi connectivity index (χ4n) is 5.54. The fourth-order valence-corrected chi connectivity index (χ4v) is 8.95. The van der Waals surface area contributed by atoms with Gasteiger partial charge in [0.05, 0.1) is 27.5 Å². The van der Waals surface area contributed by atoms with E-state index < -0.39 is 65.3 Å². The zero-order valence-corrected chi connectivity index (χ0v) is 31.0. The number of benzene rings is 3. The second kappa shape index (κ2) is 15.1. The van der Waals surface area contributed by atoms with Crippen molar-refractivity contribution in [2.75, 3.05) is 26.2 Å². The maximum Gasteiger partial charge on any atom is 0.408 e. The van der Waals surface area contributed by atoms with E-state index in [1.807, 2.05) is 0 Å². The average molecular weight is 804 g/mol. The molecule has 2 aliphatic rings. The number of alkyl carbamates (subject to hydrolysis) is 1. The van der Waals surface area contributed by atoms with Crippen molar-refractivity contribution < 1.29 is 40.8 Å². The van der Waals surface area contributed by atoms with Crippen molar-refractivity contribution in [2.24, 2.45) is 0 Å². The number of amides is 1. The number of nitrogens with one attached hydrogen (secondary N) is 1. The maximum absolute atomic E-state index is 14.0. The van der Waals surface area contributed by atoms with Gasteiger partial charge in [-0.3, -0.25) is 10.1 Å². The highest BCUT2D eigenvalue weighted by Gasteiger charge is 2.41. The normalized spacial score (nSPS) is 18.7. The number of hydrogen-bond donors (Lipinski definition) is 1. The van der Waals surface area contributed by atoms with Crippen molar-refractivity contribution in [3.63, 3.8) is 0 Å². The van der Waals surface area contributed by atoms with Gasteiger partial charge in [0, 0.05) is 30.2 Å². The summed E-state index contributed by atoms with van der Waals surface area (Å²) in [6, 6.07) is 17.1. The summed E-state index contributed by atoms with van der Waals surface area (Å²) >= 11 is 3.31. The van der Waals surface area contributed by atoms with Crippen LogP contribution in [0.3, 0.4) is 0 Å². The first-order chi connectivity index (χ1) is 24.0. The molecule has 2 atom stereocenters. The molecule has 270 valence electrons. The molecule has 1 N–H and O–H groups in total. The van der Waals surface area contributed by atoms with Gasteiger partial charge in [0.2, 0.25) is 20.0 Å². The van der Waals surface area contributed by atoms with Crippen LogP contribution in [0, 0.1) is 10.1 Å². The predicted octanol–water partition coefficient (Wildman–Crippen LogP) is 5.04. The lowest BCUT2D eigenvalue weighted by Crippen LogP contribution is -2.49. The van der Waals surface area contributed by atoms with Crippen LogP contribution >= 0.6 is 15.9 Å². The van der Waals surface area contributed by atoms with Gasteiger partial charge in [-0.15, -0.1) is 0 Å².